The molecular formula is C18H22N4OS. The SMILES string of the molecule is CCc1nc2sc([C@@H](c3cccc(C)c3)N3CCCC3)c(O)n2n1. The maximum atomic E-state index is 10.8. The molecule has 0 amide bonds. The van der Waals surface area contributed by atoms with Crippen LogP contribution in [-0.2, 0) is 6.42 Å². The molecule has 24 heavy (non-hydrogen) atoms. The van der Waals surface area contributed by atoms with Crippen molar-refractivity contribution in [1.29, 1.82) is 0 Å². The average Bonchev–Trinajstić information content (AvgIpc) is 3.28. The van der Waals surface area contributed by atoms with E-state index in [0.29, 0.717) is 0 Å². The molecule has 0 aliphatic carbocycles. The largest absolute Gasteiger partial charge is 0.492 e. The number of hydrogen-bond acceptors (Lipinski definition) is 5. The number of aromatic hydroxyl groups is 1. The van der Waals surface area contributed by atoms with Crippen LogP contribution in [-0.4, -0.2) is 37.7 Å². The maximum absolute atomic E-state index is 10.8. The quantitative estimate of drug-likeness (QED) is 0.788. The summed E-state index contributed by atoms with van der Waals surface area (Å²) in [5, 5.41) is 15.2. The van der Waals surface area contributed by atoms with E-state index in [1.54, 1.807) is 15.9 Å². The fourth-order valence-electron chi connectivity index (χ4n) is 3.49. The molecule has 1 fully saturated rings. The van der Waals surface area contributed by atoms with E-state index in [9.17, 15) is 5.11 Å². The normalized spacial score (nSPS) is 16.9. The summed E-state index contributed by atoms with van der Waals surface area (Å²) in [5.41, 5.74) is 2.47. The van der Waals surface area contributed by atoms with E-state index >= 15 is 0 Å². The van der Waals surface area contributed by atoms with Crippen molar-refractivity contribution in [3.05, 3.63) is 46.1 Å². The van der Waals surface area contributed by atoms with Crippen LogP contribution >= 0.6 is 11.3 Å². The highest BCUT2D eigenvalue weighted by Crippen LogP contribution is 2.41. The molecule has 3 heterocycles. The van der Waals surface area contributed by atoms with Gasteiger partial charge in [0, 0.05) is 6.42 Å². The molecular weight excluding hydrogens is 320 g/mol. The molecule has 0 unspecified atom stereocenters. The van der Waals surface area contributed by atoms with E-state index in [-0.39, 0.29) is 11.9 Å². The Morgan fingerprint density at radius 3 is 2.75 bits per heavy atom. The van der Waals surface area contributed by atoms with Gasteiger partial charge in [-0.2, -0.15) is 4.52 Å². The van der Waals surface area contributed by atoms with E-state index in [1.165, 1.54) is 24.0 Å². The topological polar surface area (TPSA) is 53.7 Å². The third-order valence-electron chi connectivity index (χ3n) is 4.67. The Balaban J connectivity index is 1.83. The van der Waals surface area contributed by atoms with Crippen LogP contribution in [0.25, 0.3) is 4.96 Å². The molecule has 1 atom stereocenters. The highest BCUT2D eigenvalue weighted by atomic mass is 32.1. The molecule has 2 aromatic heterocycles. The molecule has 0 bridgehead atoms. The maximum Gasteiger partial charge on any atom is 0.230 e. The Kier molecular flexibility index (Phi) is 4.02. The van der Waals surface area contributed by atoms with Crippen molar-refractivity contribution in [3.8, 4) is 5.88 Å². The average molecular weight is 342 g/mol. The van der Waals surface area contributed by atoms with Gasteiger partial charge in [-0.15, -0.1) is 5.10 Å². The van der Waals surface area contributed by atoms with E-state index in [4.69, 9.17) is 0 Å². The predicted molar refractivity (Wildman–Crippen MR) is 95.7 cm³/mol. The van der Waals surface area contributed by atoms with Crippen molar-refractivity contribution in [2.24, 2.45) is 0 Å². The van der Waals surface area contributed by atoms with Gasteiger partial charge in [0.25, 0.3) is 0 Å². The highest BCUT2D eigenvalue weighted by molar-refractivity contribution is 7.17. The molecule has 1 aliphatic heterocycles. The second-order valence-corrected chi connectivity index (χ2v) is 7.43. The number of fused-ring (bicyclic) bond motifs is 1. The Bertz CT molecular complexity index is 863. The lowest BCUT2D eigenvalue weighted by Gasteiger charge is -2.27. The monoisotopic (exact) mass is 342 g/mol. The molecule has 0 radical (unpaired) electrons. The Hall–Kier alpha value is -1.92. The number of rotatable bonds is 4. The summed E-state index contributed by atoms with van der Waals surface area (Å²) < 4.78 is 1.59. The van der Waals surface area contributed by atoms with Gasteiger partial charge in [0.2, 0.25) is 10.8 Å². The first-order chi connectivity index (χ1) is 11.7. The standard InChI is InChI=1S/C18H22N4OS/c1-3-14-19-18-22(20-14)17(23)16(24-18)15(21-9-4-5-10-21)13-8-6-7-12(2)11-13/h6-8,11,15,23H,3-5,9-10H2,1-2H3/t15-/m1/s1. The molecule has 1 N–H and O–H groups in total. The minimum Gasteiger partial charge on any atom is -0.492 e. The van der Waals surface area contributed by atoms with Crippen LogP contribution in [0.15, 0.2) is 24.3 Å². The summed E-state index contributed by atoms with van der Waals surface area (Å²) in [6.45, 7) is 6.26. The van der Waals surface area contributed by atoms with Gasteiger partial charge in [-0.1, -0.05) is 48.1 Å². The number of aromatic nitrogens is 3. The number of thiazole rings is 1. The zero-order valence-corrected chi connectivity index (χ0v) is 14.9. The van der Waals surface area contributed by atoms with Gasteiger partial charge in [-0.05, 0) is 38.4 Å². The summed E-state index contributed by atoms with van der Waals surface area (Å²) in [4.78, 5) is 8.70. The van der Waals surface area contributed by atoms with Gasteiger partial charge in [-0.25, -0.2) is 4.98 Å². The molecule has 0 spiro atoms. The molecule has 6 heteroatoms. The van der Waals surface area contributed by atoms with Crippen molar-refractivity contribution >= 4 is 16.3 Å². The molecule has 1 aromatic carbocycles. The van der Waals surface area contributed by atoms with Gasteiger partial charge in [-0.3, -0.25) is 4.90 Å². The summed E-state index contributed by atoms with van der Waals surface area (Å²) in [6, 6.07) is 8.65. The predicted octanol–water partition coefficient (Wildman–Crippen LogP) is 3.55. The van der Waals surface area contributed by atoms with Gasteiger partial charge in [0.05, 0.1) is 10.9 Å². The number of hydrogen-bond donors (Lipinski definition) is 1. The zero-order chi connectivity index (χ0) is 16.7. The van der Waals surface area contributed by atoms with Crippen LogP contribution in [0.3, 0.4) is 0 Å². The third-order valence-corrected chi connectivity index (χ3v) is 5.74. The summed E-state index contributed by atoms with van der Waals surface area (Å²) in [6.07, 6.45) is 3.20. The molecule has 3 aromatic rings. The first-order valence-electron chi connectivity index (χ1n) is 8.55. The van der Waals surface area contributed by atoms with Crippen molar-refractivity contribution < 1.29 is 5.11 Å². The Labute approximate surface area is 145 Å². The Morgan fingerprint density at radius 1 is 1.29 bits per heavy atom. The molecule has 0 saturated carbocycles. The van der Waals surface area contributed by atoms with Crippen molar-refractivity contribution in [2.45, 2.75) is 39.2 Å². The van der Waals surface area contributed by atoms with Crippen molar-refractivity contribution in [3.63, 3.8) is 0 Å². The minimum absolute atomic E-state index is 0.0750. The zero-order valence-electron chi connectivity index (χ0n) is 14.1. The van der Waals surface area contributed by atoms with Gasteiger partial charge < -0.3 is 5.11 Å². The van der Waals surface area contributed by atoms with Crippen LogP contribution in [0, 0.1) is 6.92 Å². The van der Waals surface area contributed by atoms with Crippen LogP contribution in [0.1, 0.15) is 47.6 Å². The van der Waals surface area contributed by atoms with Gasteiger partial charge in [0.15, 0.2) is 5.82 Å². The lowest BCUT2D eigenvalue weighted by molar-refractivity contribution is 0.277. The summed E-state index contributed by atoms with van der Waals surface area (Å²) in [7, 11) is 0. The summed E-state index contributed by atoms with van der Waals surface area (Å²) in [5.74, 6) is 1.01. The number of benzene rings is 1. The highest BCUT2D eigenvalue weighted by Gasteiger charge is 2.31. The van der Waals surface area contributed by atoms with Crippen molar-refractivity contribution in [1.82, 2.24) is 19.5 Å². The number of nitrogens with zero attached hydrogens (tertiary/aromatic N) is 4. The second kappa shape index (κ2) is 6.18. The molecule has 1 saturated heterocycles. The minimum atomic E-state index is 0.0750. The first-order valence-corrected chi connectivity index (χ1v) is 9.37. The van der Waals surface area contributed by atoms with Crippen LogP contribution in [0.4, 0.5) is 0 Å². The molecule has 4 rings (SSSR count). The number of likely N-dealkylation sites (tertiary alicyclic amines) is 1. The fraction of sp³-hybridized carbons (Fsp3) is 0.444. The van der Waals surface area contributed by atoms with Crippen LogP contribution in [0.5, 0.6) is 5.88 Å². The lowest BCUT2D eigenvalue weighted by atomic mass is 10.0. The van der Waals surface area contributed by atoms with E-state index in [0.717, 1.165) is 35.2 Å². The van der Waals surface area contributed by atoms with E-state index in [2.05, 4.69) is 46.2 Å². The number of aryl methyl sites for hydroxylation is 2. The third kappa shape index (κ3) is 2.59. The second-order valence-electron chi connectivity index (χ2n) is 6.43. The summed E-state index contributed by atoms with van der Waals surface area (Å²) >= 11 is 1.55. The van der Waals surface area contributed by atoms with Gasteiger partial charge >= 0.3 is 0 Å². The van der Waals surface area contributed by atoms with Gasteiger partial charge in [0.1, 0.15) is 0 Å². The van der Waals surface area contributed by atoms with Crippen LogP contribution in [0.2, 0.25) is 0 Å². The molecule has 126 valence electrons. The van der Waals surface area contributed by atoms with E-state index in [1.807, 2.05) is 6.92 Å². The fourth-order valence-corrected chi connectivity index (χ4v) is 4.62. The smallest absolute Gasteiger partial charge is 0.230 e. The molecule has 5 nitrogen and oxygen atoms in total. The first kappa shape index (κ1) is 15.6. The van der Waals surface area contributed by atoms with Crippen molar-refractivity contribution in [2.75, 3.05) is 13.1 Å². The lowest BCUT2D eigenvalue weighted by Crippen LogP contribution is -2.26. The molecule has 1 aliphatic rings. The van der Waals surface area contributed by atoms with E-state index < -0.39 is 0 Å². The van der Waals surface area contributed by atoms with Crippen LogP contribution < -0.4 is 0 Å². The Morgan fingerprint density at radius 2 is 2.08 bits per heavy atom.